The maximum atomic E-state index is 13.4. The van der Waals surface area contributed by atoms with Crippen molar-refractivity contribution < 1.29 is 13.6 Å². The van der Waals surface area contributed by atoms with E-state index in [2.05, 4.69) is 15.1 Å². The molecule has 0 aromatic carbocycles. The molecule has 0 spiro atoms. The summed E-state index contributed by atoms with van der Waals surface area (Å²) in [6, 6.07) is 3.27. The van der Waals surface area contributed by atoms with Gasteiger partial charge in [-0.1, -0.05) is 0 Å². The van der Waals surface area contributed by atoms with E-state index < -0.39 is 6.43 Å². The van der Waals surface area contributed by atoms with E-state index in [4.69, 9.17) is 0 Å². The van der Waals surface area contributed by atoms with E-state index in [-0.39, 0.29) is 23.3 Å². The zero-order chi connectivity index (χ0) is 18.3. The quantitative estimate of drug-likeness (QED) is 0.701. The van der Waals surface area contributed by atoms with Gasteiger partial charge < -0.3 is 4.90 Å². The molecule has 1 saturated heterocycles. The second-order valence-electron chi connectivity index (χ2n) is 6.41. The van der Waals surface area contributed by atoms with Gasteiger partial charge in [0.2, 0.25) is 0 Å². The highest BCUT2D eigenvalue weighted by atomic mass is 32.1. The molecular formula is C17H17F2N5OS. The topological polar surface area (TPSA) is 63.4 Å². The Labute approximate surface area is 152 Å². The summed E-state index contributed by atoms with van der Waals surface area (Å²) < 4.78 is 27.8. The first-order valence-electron chi connectivity index (χ1n) is 8.36. The number of carbonyl (C=O) groups is 1. The second-order valence-corrected chi connectivity index (χ2v) is 7.53. The molecule has 3 aromatic heterocycles. The summed E-state index contributed by atoms with van der Waals surface area (Å²) in [6.07, 6.45) is 0.152. The molecule has 1 aliphatic heterocycles. The third-order valence-corrected chi connectivity index (χ3v) is 5.49. The summed E-state index contributed by atoms with van der Waals surface area (Å²) in [5, 5.41) is 5.67. The van der Waals surface area contributed by atoms with Crippen LogP contribution in [0.15, 0.2) is 23.8 Å². The number of piperidine rings is 1. The Morgan fingerprint density at radius 1 is 1.38 bits per heavy atom. The number of aryl methyl sites for hydroxylation is 1. The maximum Gasteiger partial charge on any atom is 0.280 e. The molecule has 1 aliphatic rings. The van der Waals surface area contributed by atoms with Crippen molar-refractivity contribution in [1.82, 2.24) is 24.5 Å². The summed E-state index contributed by atoms with van der Waals surface area (Å²) in [6.45, 7) is 3.09. The first kappa shape index (κ1) is 17.0. The Kier molecular flexibility index (Phi) is 4.39. The summed E-state index contributed by atoms with van der Waals surface area (Å²) in [7, 11) is 0. The second kappa shape index (κ2) is 6.71. The average molecular weight is 377 g/mol. The molecular weight excluding hydrogens is 360 g/mol. The Morgan fingerprint density at radius 2 is 2.23 bits per heavy atom. The number of hydrogen-bond donors (Lipinski definition) is 0. The van der Waals surface area contributed by atoms with Crippen molar-refractivity contribution in [3.05, 3.63) is 45.7 Å². The van der Waals surface area contributed by atoms with Gasteiger partial charge in [0.25, 0.3) is 18.1 Å². The van der Waals surface area contributed by atoms with Crippen LogP contribution in [-0.2, 0) is 0 Å². The van der Waals surface area contributed by atoms with Crippen molar-refractivity contribution in [1.29, 1.82) is 0 Å². The summed E-state index contributed by atoms with van der Waals surface area (Å²) in [5.74, 6) is 0.0537. The molecule has 9 heteroatoms. The number of halogens is 2. The lowest BCUT2D eigenvalue weighted by Crippen LogP contribution is -2.39. The van der Waals surface area contributed by atoms with E-state index in [1.54, 1.807) is 16.2 Å². The number of nitrogens with zero attached hydrogens (tertiary/aromatic N) is 5. The average Bonchev–Trinajstić information content (AvgIpc) is 3.28. The van der Waals surface area contributed by atoms with Gasteiger partial charge in [0, 0.05) is 29.3 Å². The normalized spacial score (nSPS) is 18.0. The van der Waals surface area contributed by atoms with Crippen LogP contribution in [0, 0.1) is 6.92 Å². The zero-order valence-corrected chi connectivity index (χ0v) is 14.9. The van der Waals surface area contributed by atoms with Crippen LogP contribution in [-0.4, -0.2) is 43.5 Å². The number of likely N-dealkylation sites (tertiary alicyclic amines) is 1. The molecule has 3 aromatic rings. The van der Waals surface area contributed by atoms with E-state index in [0.29, 0.717) is 24.3 Å². The third kappa shape index (κ3) is 3.07. The van der Waals surface area contributed by atoms with Gasteiger partial charge in [-0.2, -0.15) is 14.6 Å². The third-order valence-electron chi connectivity index (χ3n) is 4.63. The minimum Gasteiger partial charge on any atom is -0.338 e. The van der Waals surface area contributed by atoms with E-state index in [9.17, 15) is 13.6 Å². The van der Waals surface area contributed by atoms with Crippen molar-refractivity contribution in [2.75, 3.05) is 13.1 Å². The largest absolute Gasteiger partial charge is 0.338 e. The Bertz CT molecular complexity index is 954. The molecule has 136 valence electrons. The number of carbonyl (C=O) groups excluding carboxylic acids is 1. The van der Waals surface area contributed by atoms with Gasteiger partial charge in [-0.15, -0.1) is 11.3 Å². The summed E-state index contributed by atoms with van der Waals surface area (Å²) >= 11 is 1.54. The molecule has 6 nitrogen and oxygen atoms in total. The van der Waals surface area contributed by atoms with Gasteiger partial charge in [0.1, 0.15) is 12.0 Å². The van der Waals surface area contributed by atoms with Crippen LogP contribution in [0.4, 0.5) is 8.78 Å². The van der Waals surface area contributed by atoms with Crippen molar-refractivity contribution in [2.45, 2.75) is 32.1 Å². The molecule has 0 bridgehead atoms. The van der Waals surface area contributed by atoms with Crippen LogP contribution in [0.3, 0.4) is 0 Å². The molecule has 1 amide bonds. The molecule has 26 heavy (non-hydrogen) atoms. The van der Waals surface area contributed by atoms with Gasteiger partial charge in [-0.05, 0) is 31.9 Å². The lowest BCUT2D eigenvalue weighted by Gasteiger charge is -2.32. The number of thiophene rings is 1. The van der Waals surface area contributed by atoms with Gasteiger partial charge >= 0.3 is 0 Å². The van der Waals surface area contributed by atoms with Gasteiger partial charge in [-0.3, -0.25) is 4.79 Å². The van der Waals surface area contributed by atoms with Crippen molar-refractivity contribution in [3.63, 3.8) is 0 Å². The Balaban J connectivity index is 1.61. The SMILES string of the molecule is Cc1cc(C(=O)N2CCC[C@H](c3cc(C(F)F)n4ncnc4n3)C2)cs1. The van der Waals surface area contributed by atoms with Crippen molar-refractivity contribution in [3.8, 4) is 0 Å². The first-order chi connectivity index (χ1) is 12.5. The fourth-order valence-electron chi connectivity index (χ4n) is 3.36. The summed E-state index contributed by atoms with van der Waals surface area (Å²) in [5.41, 5.74) is 1.00. The smallest absolute Gasteiger partial charge is 0.280 e. The Morgan fingerprint density at radius 3 is 2.96 bits per heavy atom. The lowest BCUT2D eigenvalue weighted by molar-refractivity contribution is 0.0706. The Hall–Kier alpha value is -2.42. The van der Waals surface area contributed by atoms with Crippen LogP contribution in [0.5, 0.6) is 0 Å². The number of fused-ring (bicyclic) bond motifs is 1. The maximum absolute atomic E-state index is 13.4. The van der Waals surface area contributed by atoms with E-state index >= 15 is 0 Å². The lowest BCUT2D eigenvalue weighted by atomic mass is 9.93. The molecule has 0 radical (unpaired) electrons. The van der Waals surface area contributed by atoms with Gasteiger partial charge in [-0.25, -0.2) is 13.8 Å². The van der Waals surface area contributed by atoms with Crippen molar-refractivity contribution >= 4 is 23.0 Å². The van der Waals surface area contributed by atoms with E-state index in [1.807, 2.05) is 18.4 Å². The van der Waals surface area contributed by atoms with Crippen LogP contribution in [0.2, 0.25) is 0 Å². The van der Waals surface area contributed by atoms with E-state index in [0.717, 1.165) is 22.2 Å². The monoisotopic (exact) mass is 377 g/mol. The van der Waals surface area contributed by atoms with E-state index in [1.165, 1.54) is 12.4 Å². The highest BCUT2D eigenvalue weighted by molar-refractivity contribution is 7.10. The molecule has 1 fully saturated rings. The van der Waals surface area contributed by atoms with Gasteiger partial charge in [0.15, 0.2) is 0 Å². The number of amides is 1. The van der Waals surface area contributed by atoms with Crippen LogP contribution in [0.25, 0.3) is 5.78 Å². The molecule has 0 unspecified atom stereocenters. The van der Waals surface area contributed by atoms with Gasteiger partial charge in [0.05, 0.1) is 11.3 Å². The highest BCUT2D eigenvalue weighted by Crippen LogP contribution is 2.30. The summed E-state index contributed by atoms with van der Waals surface area (Å²) in [4.78, 5) is 23.9. The number of aromatic nitrogens is 4. The first-order valence-corrected chi connectivity index (χ1v) is 9.24. The molecule has 0 aliphatic carbocycles. The fraction of sp³-hybridized carbons (Fsp3) is 0.412. The fourth-order valence-corrected chi connectivity index (χ4v) is 4.04. The predicted molar refractivity (Wildman–Crippen MR) is 92.7 cm³/mol. The zero-order valence-electron chi connectivity index (χ0n) is 14.1. The number of alkyl halides is 2. The number of hydrogen-bond acceptors (Lipinski definition) is 5. The standard InChI is InChI=1S/C17H17F2N5OS/c1-10-5-12(8-26-10)16(25)23-4-2-3-11(7-23)13-6-14(15(18)19)24-17(22-13)20-9-21-24/h5-6,8-9,11,15H,2-4,7H2,1H3/t11-/m0/s1. The highest BCUT2D eigenvalue weighted by Gasteiger charge is 2.28. The minimum atomic E-state index is -2.67. The molecule has 0 N–H and O–H groups in total. The van der Waals surface area contributed by atoms with Crippen molar-refractivity contribution in [2.24, 2.45) is 0 Å². The predicted octanol–water partition coefficient (Wildman–Crippen LogP) is 3.45. The van der Waals surface area contributed by atoms with Crippen LogP contribution >= 0.6 is 11.3 Å². The van der Waals surface area contributed by atoms with Crippen LogP contribution < -0.4 is 0 Å². The molecule has 1 atom stereocenters. The van der Waals surface area contributed by atoms with Crippen LogP contribution in [0.1, 0.15) is 51.8 Å². The number of rotatable bonds is 3. The molecule has 0 saturated carbocycles. The molecule has 4 rings (SSSR count). The molecule has 4 heterocycles. The minimum absolute atomic E-state index is 0.0170.